The Bertz CT molecular complexity index is 398. The van der Waals surface area contributed by atoms with Crippen molar-refractivity contribution in [3.05, 3.63) is 28.6 Å². The van der Waals surface area contributed by atoms with E-state index in [1.807, 2.05) is 6.92 Å². The van der Waals surface area contributed by atoms with Crippen molar-refractivity contribution in [2.24, 2.45) is 0 Å². The molecule has 1 aromatic rings. The number of pyridine rings is 1. The average Bonchev–Trinajstić information content (AvgIpc) is 2.16. The van der Waals surface area contributed by atoms with Crippen LogP contribution in [0.3, 0.4) is 0 Å². The van der Waals surface area contributed by atoms with Gasteiger partial charge in [0.2, 0.25) is 0 Å². The van der Waals surface area contributed by atoms with E-state index in [0.717, 1.165) is 11.3 Å². The van der Waals surface area contributed by atoms with Gasteiger partial charge >= 0.3 is 0 Å². The molecule has 0 radical (unpaired) electrons. The number of hydrogen-bond acceptors (Lipinski definition) is 2. The summed E-state index contributed by atoms with van der Waals surface area (Å²) in [5, 5.41) is 9.07. The zero-order valence-corrected chi connectivity index (χ0v) is 10.1. The highest BCUT2D eigenvalue weighted by Gasteiger charge is 2.17. The van der Waals surface area contributed by atoms with Crippen LogP contribution >= 0.6 is 0 Å². The summed E-state index contributed by atoms with van der Waals surface area (Å²) in [4.78, 5) is 4.29. The Balaban J connectivity index is 3.53. The fraction of sp³-hybridized carbons (Fsp3) is 0.538. The SMILES string of the molecule is Cc1ncc(C#N)c(C(C)C)c1C(C)C. The first-order valence-corrected chi connectivity index (χ1v) is 5.38. The zero-order chi connectivity index (χ0) is 11.6. The van der Waals surface area contributed by atoms with Gasteiger partial charge in [-0.3, -0.25) is 4.98 Å². The van der Waals surface area contributed by atoms with Crippen LogP contribution in [-0.4, -0.2) is 4.98 Å². The van der Waals surface area contributed by atoms with Crippen molar-refractivity contribution in [1.29, 1.82) is 5.26 Å². The monoisotopic (exact) mass is 202 g/mol. The van der Waals surface area contributed by atoms with Gasteiger partial charge in [0.05, 0.1) is 5.56 Å². The van der Waals surface area contributed by atoms with E-state index in [4.69, 9.17) is 5.26 Å². The van der Waals surface area contributed by atoms with E-state index in [0.29, 0.717) is 11.8 Å². The van der Waals surface area contributed by atoms with Crippen molar-refractivity contribution in [2.75, 3.05) is 0 Å². The molecule has 80 valence electrons. The molecule has 0 aliphatic heterocycles. The second kappa shape index (κ2) is 4.44. The van der Waals surface area contributed by atoms with Gasteiger partial charge in [-0.25, -0.2) is 0 Å². The van der Waals surface area contributed by atoms with Gasteiger partial charge in [0, 0.05) is 11.9 Å². The highest BCUT2D eigenvalue weighted by Crippen LogP contribution is 2.30. The van der Waals surface area contributed by atoms with E-state index >= 15 is 0 Å². The fourth-order valence-corrected chi connectivity index (χ4v) is 2.08. The maximum atomic E-state index is 9.07. The maximum Gasteiger partial charge on any atom is 0.101 e. The van der Waals surface area contributed by atoms with E-state index in [9.17, 15) is 0 Å². The van der Waals surface area contributed by atoms with Gasteiger partial charge in [0.25, 0.3) is 0 Å². The van der Waals surface area contributed by atoms with E-state index < -0.39 is 0 Å². The largest absolute Gasteiger partial charge is 0.260 e. The van der Waals surface area contributed by atoms with Crippen molar-refractivity contribution >= 4 is 0 Å². The van der Waals surface area contributed by atoms with E-state index in [1.54, 1.807) is 6.20 Å². The maximum absolute atomic E-state index is 9.07. The Labute approximate surface area is 92.0 Å². The van der Waals surface area contributed by atoms with Crippen LogP contribution in [-0.2, 0) is 0 Å². The second-order valence-electron chi connectivity index (χ2n) is 4.51. The van der Waals surface area contributed by atoms with Crippen LogP contribution < -0.4 is 0 Å². The van der Waals surface area contributed by atoms with Crippen molar-refractivity contribution in [1.82, 2.24) is 4.98 Å². The molecule has 0 spiro atoms. The molecule has 0 amide bonds. The van der Waals surface area contributed by atoms with E-state index in [1.165, 1.54) is 11.1 Å². The lowest BCUT2D eigenvalue weighted by Crippen LogP contribution is -2.06. The molecule has 0 fully saturated rings. The fourth-order valence-electron chi connectivity index (χ4n) is 2.08. The number of hydrogen-bond donors (Lipinski definition) is 0. The minimum absolute atomic E-state index is 0.374. The molecule has 0 bridgehead atoms. The molecule has 15 heavy (non-hydrogen) atoms. The average molecular weight is 202 g/mol. The van der Waals surface area contributed by atoms with Crippen molar-refractivity contribution in [3.8, 4) is 6.07 Å². The molecule has 2 heteroatoms. The van der Waals surface area contributed by atoms with Crippen LogP contribution in [0, 0.1) is 18.3 Å². The van der Waals surface area contributed by atoms with Crippen molar-refractivity contribution in [2.45, 2.75) is 46.5 Å². The van der Waals surface area contributed by atoms with Gasteiger partial charge in [-0.2, -0.15) is 5.26 Å². The molecule has 0 saturated carbocycles. The minimum atomic E-state index is 0.374. The third kappa shape index (κ3) is 2.18. The Morgan fingerprint density at radius 2 is 1.67 bits per heavy atom. The summed E-state index contributed by atoms with van der Waals surface area (Å²) in [5.74, 6) is 0.793. The number of aromatic nitrogens is 1. The molecule has 1 aromatic heterocycles. The standard InChI is InChI=1S/C13H18N2/c1-8(2)12-10(5)15-7-11(6-14)13(12)9(3)4/h7-9H,1-5H3. The van der Waals surface area contributed by atoms with Crippen molar-refractivity contribution < 1.29 is 0 Å². The van der Waals surface area contributed by atoms with Crippen LogP contribution in [0.4, 0.5) is 0 Å². The molecule has 2 nitrogen and oxygen atoms in total. The Kier molecular flexibility index (Phi) is 3.47. The minimum Gasteiger partial charge on any atom is -0.260 e. The summed E-state index contributed by atoms with van der Waals surface area (Å²) in [6.45, 7) is 10.6. The number of aryl methyl sites for hydroxylation is 1. The van der Waals surface area contributed by atoms with Gasteiger partial charge in [-0.15, -0.1) is 0 Å². The quantitative estimate of drug-likeness (QED) is 0.735. The van der Waals surface area contributed by atoms with Gasteiger partial charge < -0.3 is 0 Å². The Hall–Kier alpha value is -1.36. The lowest BCUT2D eigenvalue weighted by molar-refractivity contribution is 0.769. The van der Waals surface area contributed by atoms with Crippen LogP contribution in [0.1, 0.15) is 61.9 Å². The third-order valence-electron chi connectivity index (χ3n) is 2.63. The number of nitriles is 1. The molecule has 0 saturated heterocycles. The van der Waals surface area contributed by atoms with Gasteiger partial charge in [0.1, 0.15) is 6.07 Å². The summed E-state index contributed by atoms with van der Waals surface area (Å²) in [7, 11) is 0. The summed E-state index contributed by atoms with van der Waals surface area (Å²) in [5.41, 5.74) is 4.18. The molecule has 0 N–H and O–H groups in total. The zero-order valence-electron chi connectivity index (χ0n) is 10.1. The number of nitrogens with zero attached hydrogens (tertiary/aromatic N) is 2. The molecular weight excluding hydrogens is 184 g/mol. The normalized spacial score (nSPS) is 10.8. The van der Waals surface area contributed by atoms with E-state index in [-0.39, 0.29) is 0 Å². The van der Waals surface area contributed by atoms with E-state index in [2.05, 4.69) is 38.7 Å². The molecular formula is C13H18N2. The first-order valence-electron chi connectivity index (χ1n) is 5.38. The smallest absolute Gasteiger partial charge is 0.101 e. The summed E-state index contributed by atoms with van der Waals surface area (Å²) < 4.78 is 0. The van der Waals surface area contributed by atoms with Gasteiger partial charge in [-0.05, 0) is 29.9 Å². The molecule has 1 heterocycles. The van der Waals surface area contributed by atoms with Crippen LogP contribution in [0.2, 0.25) is 0 Å². The molecule has 0 aromatic carbocycles. The van der Waals surface area contributed by atoms with Gasteiger partial charge in [-0.1, -0.05) is 27.7 Å². The second-order valence-corrected chi connectivity index (χ2v) is 4.51. The molecule has 0 unspecified atom stereocenters. The predicted molar refractivity (Wildman–Crippen MR) is 61.9 cm³/mol. The third-order valence-corrected chi connectivity index (χ3v) is 2.63. The van der Waals surface area contributed by atoms with Crippen molar-refractivity contribution in [3.63, 3.8) is 0 Å². The number of rotatable bonds is 2. The highest BCUT2D eigenvalue weighted by molar-refractivity contribution is 5.46. The molecule has 1 rings (SSSR count). The Morgan fingerprint density at radius 3 is 2.07 bits per heavy atom. The first kappa shape index (κ1) is 11.7. The van der Waals surface area contributed by atoms with Crippen LogP contribution in [0.15, 0.2) is 6.20 Å². The van der Waals surface area contributed by atoms with Gasteiger partial charge in [0.15, 0.2) is 0 Å². The topological polar surface area (TPSA) is 36.7 Å². The highest BCUT2D eigenvalue weighted by atomic mass is 14.7. The molecule has 0 atom stereocenters. The molecule has 0 aliphatic rings. The van der Waals surface area contributed by atoms with Crippen LogP contribution in [0.25, 0.3) is 0 Å². The molecule has 0 aliphatic carbocycles. The Morgan fingerprint density at radius 1 is 1.13 bits per heavy atom. The lowest BCUT2D eigenvalue weighted by Gasteiger charge is -2.19. The lowest BCUT2D eigenvalue weighted by atomic mass is 9.87. The summed E-state index contributed by atoms with van der Waals surface area (Å²) in [6.07, 6.45) is 1.69. The summed E-state index contributed by atoms with van der Waals surface area (Å²) >= 11 is 0. The summed E-state index contributed by atoms with van der Waals surface area (Å²) in [6, 6.07) is 2.24. The van der Waals surface area contributed by atoms with Crippen LogP contribution in [0.5, 0.6) is 0 Å². The predicted octanol–water partition coefficient (Wildman–Crippen LogP) is 3.51. The first-order chi connectivity index (χ1) is 6.99.